The Morgan fingerprint density at radius 3 is 2.22 bits per heavy atom. The highest BCUT2D eigenvalue weighted by atomic mass is 79.9. The van der Waals surface area contributed by atoms with Gasteiger partial charge in [-0.1, -0.05) is 57.3 Å². The number of benzene rings is 2. The standard InChI is InChI=1S/C17H13BrCl2O3/c18-12-8-6-11(7-9-12)15(21)5-2-10-23-17(22)16-13(19)3-1-4-14(16)20/h1,3-4,6-9H,2,5,10H2. The number of hydrogen-bond donors (Lipinski definition) is 0. The molecule has 0 amide bonds. The highest BCUT2D eigenvalue weighted by molar-refractivity contribution is 9.10. The smallest absolute Gasteiger partial charge is 0.341 e. The number of esters is 1. The van der Waals surface area contributed by atoms with Gasteiger partial charge in [-0.2, -0.15) is 0 Å². The van der Waals surface area contributed by atoms with Crippen LogP contribution < -0.4 is 0 Å². The minimum Gasteiger partial charge on any atom is -0.462 e. The van der Waals surface area contributed by atoms with Gasteiger partial charge in [-0.05, 0) is 30.7 Å². The second kappa shape index (κ2) is 8.48. The summed E-state index contributed by atoms with van der Waals surface area (Å²) in [7, 11) is 0. The minimum absolute atomic E-state index is 0.00400. The van der Waals surface area contributed by atoms with Crippen LogP contribution in [0.15, 0.2) is 46.9 Å². The van der Waals surface area contributed by atoms with Gasteiger partial charge in [0.15, 0.2) is 5.78 Å². The Morgan fingerprint density at radius 2 is 1.61 bits per heavy atom. The summed E-state index contributed by atoms with van der Waals surface area (Å²) in [4.78, 5) is 23.9. The number of ether oxygens (including phenoxy) is 1. The van der Waals surface area contributed by atoms with E-state index in [0.717, 1.165) is 4.47 Å². The molecule has 0 saturated carbocycles. The molecule has 0 atom stereocenters. The SMILES string of the molecule is O=C(CCCOC(=O)c1c(Cl)cccc1Cl)c1ccc(Br)cc1. The Kier molecular flexibility index (Phi) is 6.63. The van der Waals surface area contributed by atoms with Gasteiger partial charge < -0.3 is 4.74 Å². The van der Waals surface area contributed by atoms with Crippen LogP contribution in [0.1, 0.15) is 33.6 Å². The number of ketones is 1. The maximum Gasteiger partial charge on any atom is 0.341 e. The monoisotopic (exact) mass is 414 g/mol. The molecule has 2 aromatic rings. The summed E-state index contributed by atoms with van der Waals surface area (Å²) < 4.78 is 6.04. The summed E-state index contributed by atoms with van der Waals surface area (Å²) >= 11 is 15.2. The van der Waals surface area contributed by atoms with Crippen molar-refractivity contribution in [3.05, 3.63) is 68.1 Å². The van der Waals surface area contributed by atoms with E-state index in [-0.39, 0.29) is 28.0 Å². The fraction of sp³-hybridized carbons (Fsp3) is 0.176. The van der Waals surface area contributed by atoms with Gasteiger partial charge in [0.25, 0.3) is 0 Å². The second-order valence-corrected chi connectivity index (χ2v) is 6.50. The normalized spacial score (nSPS) is 10.4. The van der Waals surface area contributed by atoms with Crippen molar-refractivity contribution in [1.82, 2.24) is 0 Å². The van der Waals surface area contributed by atoms with E-state index in [9.17, 15) is 9.59 Å². The number of carbonyl (C=O) groups excluding carboxylic acids is 2. The predicted octanol–water partition coefficient (Wildman–Crippen LogP) is 5.58. The van der Waals surface area contributed by atoms with Gasteiger partial charge in [-0.25, -0.2) is 4.79 Å². The third-order valence-corrected chi connectivity index (χ3v) is 4.27. The fourth-order valence-electron chi connectivity index (χ4n) is 1.94. The van der Waals surface area contributed by atoms with Crippen LogP contribution in [0.25, 0.3) is 0 Å². The minimum atomic E-state index is -0.586. The van der Waals surface area contributed by atoms with Gasteiger partial charge in [0.05, 0.1) is 22.2 Å². The lowest BCUT2D eigenvalue weighted by molar-refractivity contribution is 0.0494. The molecule has 0 aliphatic heterocycles. The average molecular weight is 416 g/mol. The molecule has 0 aliphatic rings. The lowest BCUT2D eigenvalue weighted by Gasteiger charge is -2.07. The third kappa shape index (κ3) is 5.06. The van der Waals surface area contributed by atoms with Gasteiger partial charge in [0, 0.05) is 16.5 Å². The van der Waals surface area contributed by atoms with Gasteiger partial charge in [-0.3, -0.25) is 4.79 Å². The Morgan fingerprint density at radius 1 is 1.00 bits per heavy atom. The molecular formula is C17H13BrCl2O3. The number of carbonyl (C=O) groups is 2. The van der Waals surface area contributed by atoms with Crippen LogP contribution in [0.3, 0.4) is 0 Å². The van der Waals surface area contributed by atoms with Gasteiger partial charge in [0.1, 0.15) is 0 Å². The van der Waals surface area contributed by atoms with E-state index in [0.29, 0.717) is 18.4 Å². The average Bonchev–Trinajstić information content (AvgIpc) is 2.52. The molecular weight excluding hydrogens is 403 g/mol. The summed E-state index contributed by atoms with van der Waals surface area (Å²) in [5.74, 6) is -0.582. The lowest BCUT2D eigenvalue weighted by atomic mass is 10.1. The van der Waals surface area contributed by atoms with Crippen LogP contribution in [0.4, 0.5) is 0 Å². The molecule has 0 aliphatic carbocycles. The summed E-state index contributed by atoms with van der Waals surface area (Å²) in [5.41, 5.74) is 0.781. The van der Waals surface area contributed by atoms with E-state index in [4.69, 9.17) is 27.9 Å². The molecule has 0 bridgehead atoms. The second-order valence-electron chi connectivity index (χ2n) is 4.77. The predicted molar refractivity (Wildman–Crippen MR) is 94.5 cm³/mol. The van der Waals surface area contributed by atoms with Crippen molar-refractivity contribution in [2.75, 3.05) is 6.61 Å². The molecule has 0 N–H and O–H groups in total. The van der Waals surface area contributed by atoms with Crippen molar-refractivity contribution >= 4 is 50.9 Å². The quantitative estimate of drug-likeness (QED) is 0.351. The van der Waals surface area contributed by atoms with Crippen molar-refractivity contribution in [1.29, 1.82) is 0 Å². The maximum atomic E-state index is 12.0. The van der Waals surface area contributed by atoms with E-state index in [1.54, 1.807) is 30.3 Å². The topological polar surface area (TPSA) is 43.4 Å². The van der Waals surface area contributed by atoms with Crippen molar-refractivity contribution in [2.45, 2.75) is 12.8 Å². The van der Waals surface area contributed by atoms with Gasteiger partial charge in [0.2, 0.25) is 0 Å². The molecule has 3 nitrogen and oxygen atoms in total. The molecule has 120 valence electrons. The number of Topliss-reactive ketones (excluding diaryl/α,β-unsaturated/α-hetero) is 1. The van der Waals surface area contributed by atoms with Crippen molar-refractivity contribution in [3.63, 3.8) is 0 Å². The molecule has 0 heterocycles. The highest BCUT2D eigenvalue weighted by Gasteiger charge is 2.16. The zero-order valence-corrected chi connectivity index (χ0v) is 15.1. The van der Waals surface area contributed by atoms with Gasteiger partial charge >= 0.3 is 5.97 Å². The van der Waals surface area contributed by atoms with E-state index in [2.05, 4.69) is 15.9 Å². The first-order chi connectivity index (χ1) is 11.0. The van der Waals surface area contributed by atoms with E-state index in [1.165, 1.54) is 0 Å². The number of rotatable bonds is 6. The van der Waals surface area contributed by atoms with Crippen LogP contribution >= 0.6 is 39.1 Å². The molecule has 0 saturated heterocycles. The number of hydrogen-bond acceptors (Lipinski definition) is 3. The largest absolute Gasteiger partial charge is 0.462 e. The molecule has 23 heavy (non-hydrogen) atoms. The van der Waals surface area contributed by atoms with Crippen molar-refractivity contribution in [3.8, 4) is 0 Å². The lowest BCUT2D eigenvalue weighted by Crippen LogP contribution is -2.09. The van der Waals surface area contributed by atoms with Crippen molar-refractivity contribution in [2.24, 2.45) is 0 Å². The fourth-order valence-corrected chi connectivity index (χ4v) is 2.76. The first kappa shape index (κ1) is 18.0. The van der Waals surface area contributed by atoms with Crippen LogP contribution in [0.5, 0.6) is 0 Å². The van der Waals surface area contributed by atoms with Crippen LogP contribution in [-0.2, 0) is 4.74 Å². The molecule has 0 fully saturated rings. The first-order valence-electron chi connectivity index (χ1n) is 6.89. The van der Waals surface area contributed by atoms with Crippen LogP contribution in [0, 0.1) is 0 Å². The van der Waals surface area contributed by atoms with Gasteiger partial charge in [-0.15, -0.1) is 0 Å². The summed E-state index contributed by atoms with van der Waals surface area (Å²) in [6.45, 7) is 0.128. The molecule has 0 unspecified atom stereocenters. The Labute approximate surface area is 152 Å². The molecule has 2 aromatic carbocycles. The third-order valence-electron chi connectivity index (χ3n) is 3.11. The van der Waals surface area contributed by atoms with Crippen LogP contribution in [0.2, 0.25) is 10.0 Å². The summed E-state index contributed by atoms with van der Waals surface area (Å²) in [5, 5.41) is 0.488. The van der Waals surface area contributed by atoms with E-state index >= 15 is 0 Å². The van der Waals surface area contributed by atoms with Crippen molar-refractivity contribution < 1.29 is 14.3 Å². The molecule has 6 heteroatoms. The van der Waals surface area contributed by atoms with E-state index < -0.39 is 5.97 Å². The Hall–Kier alpha value is -1.36. The molecule has 0 spiro atoms. The summed E-state index contributed by atoms with van der Waals surface area (Å²) in [6, 6.07) is 11.9. The summed E-state index contributed by atoms with van der Waals surface area (Å²) in [6.07, 6.45) is 0.730. The zero-order valence-electron chi connectivity index (χ0n) is 12.0. The molecule has 2 rings (SSSR count). The van der Waals surface area contributed by atoms with Crippen LogP contribution in [-0.4, -0.2) is 18.4 Å². The Bertz CT molecular complexity index is 694. The highest BCUT2D eigenvalue weighted by Crippen LogP contribution is 2.25. The molecule has 0 radical (unpaired) electrons. The Balaban J connectivity index is 1.82. The number of halogens is 3. The molecule has 0 aromatic heterocycles. The maximum absolute atomic E-state index is 12.0. The first-order valence-corrected chi connectivity index (χ1v) is 8.44. The van der Waals surface area contributed by atoms with E-state index in [1.807, 2.05) is 12.1 Å². The zero-order chi connectivity index (χ0) is 16.8.